The van der Waals surface area contributed by atoms with Gasteiger partial charge in [-0.1, -0.05) is 36.4 Å². The number of hydrogen-bond donors (Lipinski definition) is 3. The number of amides is 1. The van der Waals surface area contributed by atoms with Crippen LogP contribution in [0.1, 0.15) is 64.5 Å². The minimum Gasteiger partial charge on any atom is -0.508 e. The van der Waals surface area contributed by atoms with Crippen molar-refractivity contribution in [2.75, 3.05) is 13.1 Å². The highest BCUT2D eigenvalue weighted by Crippen LogP contribution is 2.51. The Labute approximate surface area is 224 Å². The Bertz CT molecular complexity index is 1410. The van der Waals surface area contributed by atoms with E-state index in [-0.39, 0.29) is 28.2 Å². The lowest BCUT2D eigenvalue weighted by molar-refractivity contribution is 0.0246. The van der Waals surface area contributed by atoms with Crippen molar-refractivity contribution in [2.24, 2.45) is 11.8 Å². The SMILES string of the molecule is Cc1ccc(O)cc1[C@]12CCN(CC3CC3)[C@H](C)[C@@H]1Cc1cc(C(=O)NCc3ccccc3)c(=O)[nH]c1C2. The maximum atomic E-state index is 13.1. The minimum absolute atomic E-state index is 0.171. The molecule has 0 radical (unpaired) electrons. The van der Waals surface area contributed by atoms with Crippen LogP contribution in [0.4, 0.5) is 0 Å². The molecule has 3 aromatic rings. The van der Waals surface area contributed by atoms with E-state index in [4.69, 9.17) is 0 Å². The Morgan fingerprint density at radius 2 is 1.95 bits per heavy atom. The second kappa shape index (κ2) is 9.73. The number of carbonyl (C=O) groups excluding carboxylic acids is 1. The third kappa shape index (κ3) is 4.55. The molecule has 0 bridgehead atoms. The number of pyridine rings is 1. The van der Waals surface area contributed by atoms with Gasteiger partial charge in [-0.15, -0.1) is 0 Å². The minimum atomic E-state index is -0.342. The number of nitrogens with one attached hydrogen (secondary N) is 2. The molecule has 2 fully saturated rings. The van der Waals surface area contributed by atoms with Crippen LogP contribution in [-0.2, 0) is 24.8 Å². The lowest BCUT2D eigenvalue weighted by Crippen LogP contribution is -2.59. The van der Waals surface area contributed by atoms with Gasteiger partial charge >= 0.3 is 0 Å². The van der Waals surface area contributed by atoms with Gasteiger partial charge in [0.15, 0.2) is 0 Å². The number of hydrogen-bond acceptors (Lipinski definition) is 4. The number of carbonyl (C=O) groups is 1. The number of aromatic hydroxyl groups is 1. The molecule has 2 aliphatic carbocycles. The summed E-state index contributed by atoms with van der Waals surface area (Å²) in [5.41, 5.74) is 5.02. The number of piperidine rings is 1. The summed E-state index contributed by atoms with van der Waals surface area (Å²) in [6.07, 6.45) is 5.15. The van der Waals surface area contributed by atoms with Crippen molar-refractivity contribution in [2.45, 2.75) is 64.0 Å². The van der Waals surface area contributed by atoms with Crippen LogP contribution in [0.2, 0.25) is 0 Å². The molecule has 2 heterocycles. The molecule has 3 N–H and O–H groups in total. The molecule has 1 aliphatic heterocycles. The summed E-state index contributed by atoms with van der Waals surface area (Å²) in [6.45, 7) is 7.02. The molecule has 6 heteroatoms. The van der Waals surface area contributed by atoms with Crippen molar-refractivity contribution < 1.29 is 9.90 Å². The van der Waals surface area contributed by atoms with E-state index < -0.39 is 0 Å². The van der Waals surface area contributed by atoms with Crippen LogP contribution < -0.4 is 10.9 Å². The van der Waals surface area contributed by atoms with Gasteiger partial charge in [0.2, 0.25) is 0 Å². The average molecular weight is 512 g/mol. The first-order chi connectivity index (χ1) is 18.3. The molecule has 0 unspecified atom stereocenters. The summed E-state index contributed by atoms with van der Waals surface area (Å²) in [5.74, 6) is 1.08. The predicted molar refractivity (Wildman–Crippen MR) is 148 cm³/mol. The lowest BCUT2D eigenvalue weighted by atomic mass is 9.55. The van der Waals surface area contributed by atoms with E-state index in [1.807, 2.05) is 48.5 Å². The molecule has 3 atom stereocenters. The number of aryl methyl sites for hydroxylation is 1. The Hall–Kier alpha value is -3.38. The summed E-state index contributed by atoms with van der Waals surface area (Å²) in [4.78, 5) is 32.0. The maximum absolute atomic E-state index is 13.1. The number of phenolic OH excluding ortho intramolecular Hbond substituents is 1. The number of fused-ring (bicyclic) bond motifs is 2. The van der Waals surface area contributed by atoms with Crippen molar-refractivity contribution >= 4 is 5.91 Å². The molecule has 1 saturated heterocycles. The highest BCUT2D eigenvalue weighted by molar-refractivity contribution is 5.94. The first-order valence-electron chi connectivity index (χ1n) is 14.0. The Morgan fingerprint density at radius 3 is 2.71 bits per heavy atom. The molecule has 1 saturated carbocycles. The van der Waals surface area contributed by atoms with Gasteiger partial charge in [-0.2, -0.15) is 0 Å². The van der Waals surface area contributed by atoms with Crippen molar-refractivity contribution in [1.82, 2.24) is 15.2 Å². The third-order valence-corrected chi connectivity index (χ3v) is 9.35. The Morgan fingerprint density at radius 1 is 1.16 bits per heavy atom. The fourth-order valence-corrected chi connectivity index (χ4v) is 7.05. The molecule has 3 aliphatic rings. The van der Waals surface area contributed by atoms with E-state index >= 15 is 0 Å². The second-order valence-corrected chi connectivity index (χ2v) is 11.8. The lowest BCUT2D eigenvalue weighted by Gasteiger charge is -2.55. The quantitative estimate of drug-likeness (QED) is 0.456. The number of likely N-dealkylation sites (tertiary alicyclic amines) is 1. The van der Waals surface area contributed by atoms with Gasteiger partial charge in [0.25, 0.3) is 11.5 Å². The Balaban J connectivity index is 1.35. The smallest absolute Gasteiger partial charge is 0.261 e. The molecule has 1 amide bonds. The number of nitrogens with zero attached hydrogens (tertiary/aromatic N) is 1. The van der Waals surface area contributed by atoms with Gasteiger partial charge in [-0.25, -0.2) is 0 Å². The van der Waals surface area contributed by atoms with Crippen LogP contribution in [0.3, 0.4) is 0 Å². The number of H-pyrrole nitrogens is 1. The van der Waals surface area contributed by atoms with E-state index in [1.165, 1.54) is 24.0 Å². The summed E-state index contributed by atoms with van der Waals surface area (Å²) in [5, 5.41) is 13.4. The van der Waals surface area contributed by atoms with Crippen molar-refractivity contribution in [1.29, 1.82) is 0 Å². The molecule has 6 rings (SSSR count). The zero-order valence-electron chi connectivity index (χ0n) is 22.3. The van der Waals surface area contributed by atoms with Gasteiger partial charge in [0.1, 0.15) is 11.3 Å². The summed E-state index contributed by atoms with van der Waals surface area (Å²) in [6, 6.07) is 17.6. The molecule has 38 heavy (non-hydrogen) atoms. The van der Waals surface area contributed by atoms with Gasteiger partial charge in [0.05, 0.1) is 0 Å². The third-order valence-electron chi connectivity index (χ3n) is 9.35. The molecule has 198 valence electrons. The predicted octanol–water partition coefficient (Wildman–Crippen LogP) is 4.48. The zero-order chi connectivity index (χ0) is 26.4. The molecular formula is C32H37N3O3. The van der Waals surface area contributed by atoms with Crippen LogP contribution in [-0.4, -0.2) is 40.0 Å². The van der Waals surface area contributed by atoms with E-state index in [1.54, 1.807) is 6.07 Å². The van der Waals surface area contributed by atoms with Crippen LogP contribution in [0.5, 0.6) is 5.75 Å². The average Bonchev–Trinajstić information content (AvgIpc) is 3.74. The van der Waals surface area contributed by atoms with E-state index in [9.17, 15) is 14.7 Å². The highest BCUT2D eigenvalue weighted by Gasteiger charge is 2.51. The Kier molecular flexibility index (Phi) is 6.39. The summed E-state index contributed by atoms with van der Waals surface area (Å²) < 4.78 is 0. The van der Waals surface area contributed by atoms with Gasteiger partial charge in [0, 0.05) is 30.2 Å². The van der Waals surface area contributed by atoms with E-state index in [0.29, 0.717) is 24.9 Å². The van der Waals surface area contributed by atoms with Crippen molar-refractivity contribution in [3.05, 3.63) is 98.5 Å². The molecule has 6 nitrogen and oxygen atoms in total. The highest BCUT2D eigenvalue weighted by atomic mass is 16.3. The molecule has 0 spiro atoms. The zero-order valence-corrected chi connectivity index (χ0v) is 22.3. The van der Waals surface area contributed by atoms with Crippen LogP contribution in [0, 0.1) is 18.8 Å². The summed E-state index contributed by atoms with van der Waals surface area (Å²) >= 11 is 0. The second-order valence-electron chi connectivity index (χ2n) is 11.8. The number of benzene rings is 2. The number of aromatic amines is 1. The van der Waals surface area contributed by atoms with Gasteiger partial charge in [-0.3, -0.25) is 9.59 Å². The topological polar surface area (TPSA) is 85.4 Å². The standard InChI is InChI=1S/C32H37N3O3/c1-20-8-11-25(36)16-27(20)32-12-13-35(19-23-9-10-23)21(2)28(32)15-24-14-26(31(38)34-29(24)17-32)30(37)33-18-22-6-4-3-5-7-22/h3-8,11,14,16,21,23,28,36H,9-10,12-13,15,17-19H2,1-2H3,(H,33,37)(H,34,38)/t21-,28+,32-/m1/s1. The summed E-state index contributed by atoms with van der Waals surface area (Å²) in [7, 11) is 0. The monoisotopic (exact) mass is 511 g/mol. The largest absolute Gasteiger partial charge is 0.508 e. The maximum Gasteiger partial charge on any atom is 0.261 e. The number of aromatic nitrogens is 1. The first kappa shape index (κ1) is 24.9. The number of rotatable bonds is 6. The van der Waals surface area contributed by atoms with Crippen LogP contribution in [0.15, 0.2) is 59.4 Å². The first-order valence-corrected chi connectivity index (χ1v) is 14.0. The normalized spacial score (nSPS) is 24.9. The van der Waals surface area contributed by atoms with Gasteiger partial charge < -0.3 is 20.3 Å². The van der Waals surface area contributed by atoms with E-state index in [0.717, 1.165) is 48.7 Å². The fourth-order valence-electron chi connectivity index (χ4n) is 7.05. The molecular weight excluding hydrogens is 474 g/mol. The molecule has 1 aromatic heterocycles. The van der Waals surface area contributed by atoms with Crippen LogP contribution in [0.25, 0.3) is 0 Å². The van der Waals surface area contributed by atoms with Crippen LogP contribution >= 0.6 is 0 Å². The fraction of sp³-hybridized carbons (Fsp3) is 0.438. The van der Waals surface area contributed by atoms with Gasteiger partial charge in [-0.05, 0) is 105 Å². The number of phenols is 1. The van der Waals surface area contributed by atoms with E-state index in [2.05, 4.69) is 29.0 Å². The molecule has 2 aromatic carbocycles. The van der Waals surface area contributed by atoms with Crippen molar-refractivity contribution in [3.8, 4) is 5.75 Å². The van der Waals surface area contributed by atoms with Crippen molar-refractivity contribution in [3.63, 3.8) is 0 Å².